The molecule has 0 radical (unpaired) electrons. The number of nitrogens with zero attached hydrogens (tertiary/aromatic N) is 3. The Labute approximate surface area is 206 Å². The predicted octanol–water partition coefficient (Wildman–Crippen LogP) is 2.90. The van der Waals surface area contributed by atoms with E-state index in [0.717, 1.165) is 69.5 Å². The molecule has 1 unspecified atom stereocenters. The number of carbonyl (C=O) groups excluding carboxylic acids is 1. The zero-order valence-electron chi connectivity index (χ0n) is 20.3. The number of rotatable bonds is 13. The molecule has 1 atom stereocenters. The van der Waals surface area contributed by atoms with Gasteiger partial charge in [0.05, 0.1) is 7.11 Å². The first-order valence-corrected chi connectivity index (χ1v) is 12.5. The minimum atomic E-state index is -1.04. The Morgan fingerprint density at radius 2 is 2.11 bits per heavy atom. The van der Waals surface area contributed by atoms with Crippen molar-refractivity contribution in [2.75, 3.05) is 32.1 Å². The molecule has 0 saturated heterocycles. The van der Waals surface area contributed by atoms with Crippen LogP contribution in [-0.2, 0) is 17.6 Å². The van der Waals surface area contributed by atoms with Gasteiger partial charge in [0.1, 0.15) is 17.4 Å². The fourth-order valence-corrected chi connectivity index (χ4v) is 4.56. The number of anilines is 1. The molecule has 0 spiro atoms. The van der Waals surface area contributed by atoms with Crippen LogP contribution in [0.2, 0.25) is 0 Å². The molecular formula is C26H35N5O4. The largest absolute Gasteiger partial charge is 0.480 e. The zero-order chi connectivity index (χ0) is 24.6. The van der Waals surface area contributed by atoms with Crippen LogP contribution >= 0.6 is 0 Å². The predicted molar refractivity (Wildman–Crippen MR) is 133 cm³/mol. The molecule has 3 N–H and O–H groups in total. The van der Waals surface area contributed by atoms with Crippen molar-refractivity contribution in [2.24, 2.45) is 0 Å². The molecule has 0 aromatic carbocycles. The van der Waals surface area contributed by atoms with Gasteiger partial charge in [-0.3, -0.25) is 4.79 Å². The SMILES string of the molecule is COc1ncccc1C(=O)NC(CCN(CCCCc1ccc2c(n1)NCCC2)C1CC1)C(=O)O. The van der Waals surface area contributed by atoms with Gasteiger partial charge in [-0.1, -0.05) is 6.07 Å². The number of hydrogen-bond donors (Lipinski definition) is 3. The number of carboxylic acid groups (broad SMARTS) is 1. The monoisotopic (exact) mass is 481 g/mol. The first kappa shape index (κ1) is 24.9. The fourth-order valence-electron chi connectivity index (χ4n) is 4.56. The number of aryl methyl sites for hydroxylation is 2. The van der Waals surface area contributed by atoms with E-state index in [9.17, 15) is 14.7 Å². The standard InChI is InChI=1S/C26H35N5O4/c1-35-25-21(8-5-15-28-25)24(32)30-22(26(33)34)13-17-31(20-11-12-20)16-3-2-7-19-10-9-18-6-4-14-27-23(18)29-19/h5,8-10,15,20,22H,2-4,6-7,11-14,16-17H2,1H3,(H,27,29)(H,30,32)(H,33,34). The highest BCUT2D eigenvalue weighted by atomic mass is 16.5. The maximum Gasteiger partial charge on any atom is 0.326 e. The average Bonchev–Trinajstić information content (AvgIpc) is 3.72. The molecule has 2 aliphatic rings. The number of pyridine rings is 2. The molecule has 1 aliphatic carbocycles. The molecule has 3 heterocycles. The summed E-state index contributed by atoms with van der Waals surface area (Å²) in [7, 11) is 1.43. The second kappa shape index (κ2) is 12.0. The third-order valence-corrected chi connectivity index (χ3v) is 6.66. The summed E-state index contributed by atoms with van der Waals surface area (Å²) in [6.07, 6.45) is 9.43. The Hall–Kier alpha value is -3.20. The molecule has 0 bridgehead atoms. The van der Waals surface area contributed by atoms with Crippen LogP contribution in [0.4, 0.5) is 5.82 Å². The number of ether oxygens (including phenoxy) is 1. The third kappa shape index (κ3) is 6.91. The Kier molecular flexibility index (Phi) is 8.52. The third-order valence-electron chi connectivity index (χ3n) is 6.66. The second-order valence-electron chi connectivity index (χ2n) is 9.28. The number of aromatic nitrogens is 2. The van der Waals surface area contributed by atoms with Crippen LogP contribution in [0.5, 0.6) is 5.88 Å². The first-order valence-electron chi connectivity index (χ1n) is 12.5. The molecular weight excluding hydrogens is 446 g/mol. The van der Waals surface area contributed by atoms with E-state index in [1.807, 2.05) is 0 Å². The quantitative estimate of drug-likeness (QED) is 0.374. The number of aliphatic carboxylic acids is 1. The molecule has 1 saturated carbocycles. The minimum absolute atomic E-state index is 0.179. The number of amides is 1. The molecule has 9 nitrogen and oxygen atoms in total. The molecule has 1 fully saturated rings. The van der Waals surface area contributed by atoms with Crippen molar-refractivity contribution in [3.63, 3.8) is 0 Å². The van der Waals surface area contributed by atoms with Crippen LogP contribution in [0, 0.1) is 0 Å². The summed E-state index contributed by atoms with van der Waals surface area (Å²) in [5, 5.41) is 15.7. The Morgan fingerprint density at radius 1 is 1.26 bits per heavy atom. The van der Waals surface area contributed by atoms with Gasteiger partial charge in [0.2, 0.25) is 5.88 Å². The molecule has 188 valence electrons. The van der Waals surface area contributed by atoms with Gasteiger partial charge in [0.15, 0.2) is 0 Å². The summed E-state index contributed by atoms with van der Waals surface area (Å²) in [4.78, 5) is 35.7. The summed E-state index contributed by atoms with van der Waals surface area (Å²) in [5.41, 5.74) is 2.66. The van der Waals surface area contributed by atoms with Gasteiger partial charge in [-0.2, -0.15) is 0 Å². The lowest BCUT2D eigenvalue weighted by atomic mass is 10.1. The summed E-state index contributed by atoms with van der Waals surface area (Å²) < 4.78 is 5.13. The van der Waals surface area contributed by atoms with E-state index in [1.54, 1.807) is 12.1 Å². The van der Waals surface area contributed by atoms with Crippen molar-refractivity contribution >= 4 is 17.7 Å². The van der Waals surface area contributed by atoms with E-state index in [2.05, 4.69) is 32.7 Å². The summed E-state index contributed by atoms with van der Waals surface area (Å²) in [6.45, 7) is 2.55. The number of hydrogen-bond acceptors (Lipinski definition) is 7. The van der Waals surface area contributed by atoms with Crippen LogP contribution in [0.3, 0.4) is 0 Å². The minimum Gasteiger partial charge on any atom is -0.480 e. The molecule has 2 aromatic rings. The number of nitrogens with one attached hydrogen (secondary N) is 2. The van der Waals surface area contributed by atoms with E-state index in [-0.39, 0.29) is 11.4 Å². The fraction of sp³-hybridized carbons (Fsp3) is 0.538. The number of unbranched alkanes of at least 4 members (excludes halogenated alkanes) is 1. The summed E-state index contributed by atoms with van der Waals surface area (Å²) >= 11 is 0. The van der Waals surface area contributed by atoms with Crippen molar-refractivity contribution in [1.82, 2.24) is 20.2 Å². The maximum absolute atomic E-state index is 12.6. The molecule has 1 aliphatic heterocycles. The average molecular weight is 482 g/mol. The molecule has 1 amide bonds. The summed E-state index contributed by atoms with van der Waals surface area (Å²) in [5.74, 6) is -0.312. The van der Waals surface area contributed by atoms with E-state index in [0.29, 0.717) is 19.0 Å². The lowest BCUT2D eigenvalue weighted by molar-refractivity contribution is -0.139. The van der Waals surface area contributed by atoms with Crippen molar-refractivity contribution in [2.45, 2.75) is 63.5 Å². The first-order chi connectivity index (χ1) is 17.0. The molecule has 4 rings (SSSR count). The van der Waals surface area contributed by atoms with E-state index >= 15 is 0 Å². The highest BCUT2D eigenvalue weighted by Crippen LogP contribution is 2.28. The van der Waals surface area contributed by atoms with Crippen LogP contribution in [0.15, 0.2) is 30.5 Å². The number of methoxy groups -OCH3 is 1. The highest BCUT2D eigenvalue weighted by molar-refractivity contribution is 5.98. The van der Waals surface area contributed by atoms with Gasteiger partial charge < -0.3 is 25.4 Å². The van der Waals surface area contributed by atoms with Crippen molar-refractivity contribution in [1.29, 1.82) is 0 Å². The number of fused-ring (bicyclic) bond motifs is 1. The lowest BCUT2D eigenvalue weighted by Crippen LogP contribution is -2.43. The smallest absolute Gasteiger partial charge is 0.326 e. The van der Waals surface area contributed by atoms with Crippen molar-refractivity contribution < 1.29 is 19.4 Å². The van der Waals surface area contributed by atoms with E-state index in [4.69, 9.17) is 9.72 Å². The Morgan fingerprint density at radius 3 is 2.89 bits per heavy atom. The second-order valence-corrected chi connectivity index (χ2v) is 9.28. The summed E-state index contributed by atoms with van der Waals surface area (Å²) in [6, 6.07) is 7.08. The topological polar surface area (TPSA) is 117 Å². The molecule has 9 heteroatoms. The van der Waals surface area contributed by atoms with Crippen LogP contribution in [-0.4, -0.2) is 70.7 Å². The van der Waals surface area contributed by atoms with Gasteiger partial charge in [-0.05, 0) is 81.7 Å². The van der Waals surface area contributed by atoms with Crippen LogP contribution in [0.25, 0.3) is 0 Å². The Balaban J connectivity index is 1.25. The number of carboxylic acids is 1. The van der Waals surface area contributed by atoms with Gasteiger partial charge in [0, 0.05) is 31.0 Å². The van der Waals surface area contributed by atoms with Crippen molar-refractivity contribution in [3.8, 4) is 5.88 Å². The number of carbonyl (C=O) groups is 2. The van der Waals surface area contributed by atoms with Gasteiger partial charge in [0.25, 0.3) is 5.91 Å². The Bertz CT molecular complexity index is 1030. The van der Waals surface area contributed by atoms with Gasteiger partial charge >= 0.3 is 5.97 Å². The lowest BCUT2D eigenvalue weighted by Gasteiger charge is -2.24. The zero-order valence-corrected chi connectivity index (χ0v) is 20.3. The van der Waals surface area contributed by atoms with Gasteiger partial charge in [-0.25, -0.2) is 14.8 Å². The maximum atomic E-state index is 12.6. The normalized spacial score (nSPS) is 15.7. The van der Waals surface area contributed by atoms with E-state index < -0.39 is 17.9 Å². The van der Waals surface area contributed by atoms with E-state index in [1.165, 1.54) is 18.9 Å². The van der Waals surface area contributed by atoms with Crippen LogP contribution < -0.4 is 15.4 Å². The highest BCUT2D eigenvalue weighted by Gasteiger charge is 2.30. The molecule has 2 aromatic heterocycles. The van der Waals surface area contributed by atoms with Crippen molar-refractivity contribution in [3.05, 3.63) is 47.3 Å². The van der Waals surface area contributed by atoms with Crippen LogP contribution in [0.1, 0.15) is 60.1 Å². The molecule has 35 heavy (non-hydrogen) atoms. The van der Waals surface area contributed by atoms with Gasteiger partial charge in [-0.15, -0.1) is 0 Å².